The zero-order valence-electron chi connectivity index (χ0n) is 10.7. The third kappa shape index (κ3) is 2.27. The lowest BCUT2D eigenvalue weighted by molar-refractivity contribution is 0.115. The van der Waals surface area contributed by atoms with Crippen molar-refractivity contribution >= 4 is 0 Å². The van der Waals surface area contributed by atoms with Gasteiger partial charge in [0.1, 0.15) is 0 Å². The van der Waals surface area contributed by atoms with Crippen molar-refractivity contribution < 1.29 is 5.11 Å². The average molecular weight is 226 g/mol. The number of likely N-dealkylation sites (tertiary alicyclic amines) is 1. The molecule has 1 saturated carbocycles. The molecule has 94 valence electrons. The van der Waals surface area contributed by atoms with Crippen LogP contribution in [0.2, 0.25) is 0 Å². The standard InChI is InChI=1S/C13H26N2O/c1-3-13(2,8-14)9-15-6-10-4-5-12(16)11(10)7-15/h10-12,16H,3-9,14H2,1-2H3. The Kier molecular flexibility index (Phi) is 3.57. The van der Waals surface area contributed by atoms with Gasteiger partial charge in [-0.3, -0.25) is 0 Å². The largest absolute Gasteiger partial charge is 0.393 e. The summed E-state index contributed by atoms with van der Waals surface area (Å²) < 4.78 is 0. The smallest absolute Gasteiger partial charge is 0.0583 e. The van der Waals surface area contributed by atoms with E-state index in [4.69, 9.17) is 5.73 Å². The first-order valence-electron chi connectivity index (χ1n) is 6.68. The van der Waals surface area contributed by atoms with E-state index in [2.05, 4.69) is 18.7 Å². The second-order valence-corrected chi connectivity index (χ2v) is 6.13. The van der Waals surface area contributed by atoms with E-state index in [1.807, 2.05) is 0 Å². The summed E-state index contributed by atoms with van der Waals surface area (Å²) in [6, 6.07) is 0. The summed E-state index contributed by atoms with van der Waals surface area (Å²) in [4.78, 5) is 2.52. The van der Waals surface area contributed by atoms with E-state index in [9.17, 15) is 5.11 Å². The van der Waals surface area contributed by atoms with E-state index in [0.717, 1.165) is 38.4 Å². The van der Waals surface area contributed by atoms with Crippen LogP contribution in [0.15, 0.2) is 0 Å². The number of fused-ring (bicyclic) bond motifs is 1. The highest BCUT2D eigenvalue weighted by molar-refractivity contribution is 4.95. The Morgan fingerprint density at radius 1 is 1.38 bits per heavy atom. The summed E-state index contributed by atoms with van der Waals surface area (Å²) >= 11 is 0. The van der Waals surface area contributed by atoms with Gasteiger partial charge in [0.15, 0.2) is 0 Å². The van der Waals surface area contributed by atoms with Crippen LogP contribution in [0.1, 0.15) is 33.1 Å². The zero-order valence-corrected chi connectivity index (χ0v) is 10.7. The fraction of sp³-hybridized carbons (Fsp3) is 1.00. The lowest BCUT2D eigenvalue weighted by Gasteiger charge is -2.32. The minimum Gasteiger partial charge on any atom is -0.393 e. The van der Waals surface area contributed by atoms with Crippen molar-refractivity contribution in [3.8, 4) is 0 Å². The van der Waals surface area contributed by atoms with Gasteiger partial charge >= 0.3 is 0 Å². The molecule has 16 heavy (non-hydrogen) atoms. The van der Waals surface area contributed by atoms with Gasteiger partial charge in [-0.15, -0.1) is 0 Å². The molecule has 0 aromatic rings. The fourth-order valence-corrected chi connectivity index (χ4v) is 3.32. The van der Waals surface area contributed by atoms with Gasteiger partial charge < -0.3 is 15.7 Å². The van der Waals surface area contributed by atoms with Crippen molar-refractivity contribution in [1.82, 2.24) is 4.90 Å². The van der Waals surface area contributed by atoms with E-state index in [1.165, 1.54) is 13.0 Å². The normalized spacial score (nSPS) is 38.6. The number of nitrogens with two attached hydrogens (primary N) is 1. The third-order valence-electron chi connectivity index (χ3n) is 4.85. The molecular formula is C13H26N2O. The van der Waals surface area contributed by atoms with E-state index in [0.29, 0.717) is 5.92 Å². The Morgan fingerprint density at radius 2 is 2.12 bits per heavy atom. The topological polar surface area (TPSA) is 49.5 Å². The molecule has 1 saturated heterocycles. The van der Waals surface area contributed by atoms with Crippen molar-refractivity contribution in [1.29, 1.82) is 0 Å². The summed E-state index contributed by atoms with van der Waals surface area (Å²) in [5.41, 5.74) is 6.12. The van der Waals surface area contributed by atoms with Crippen LogP contribution in [0, 0.1) is 17.3 Å². The summed E-state index contributed by atoms with van der Waals surface area (Å²) in [7, 11) is 0. The maximum absolute atomic E-state index is 9.88. The molecule has 0 bridgehead atoms. The fourth-order valence-electron chi connectivity index (χ4n) is 3.32. The van der Waals surface area contributed by atoms with Gasteiger partial charge in [0.05, 0.1) is 6.10 Å². The average Bonchev–Trinajstić information content (AvgIpc) is 2.81. The monoisotopic (exact) mass is 226 g/mol. The molecule has 1 aliphatic heterocycles. The van der Waals surface area contributed by atoms with Crippen LogP contribution in [0.5, 0.6) is 0 Å². The van der Waals surface area contributed by atoms with Gasteiger partial charge in [0.25, 0.3) is 0 Å². The quantitative estimate of drug-likeness (QED) is 0.754. The van der Waals surface area contributed by atoms with Crippen molar-refractivity contribution in [2.45, 2.75) is 39.2 Å². The number of aliphatic hydroxyl groups is 1. The molecule has 1 heterocycles. The van der Waals surface area contributed by atoms with Crippen LogP contribution in [0.25, 0.3) is 0 Å². The van der Waals surface area contributed by atoms with Crippen molar-refractivity contribution in [3.63, 3.8) is 0 Å². The minimum absolute atomic E-state index is 0.0410. The van der Waals surface area contributed by atoms with Crippen LogP contribution in [0.4, 0.5) is 0 Å². The van der Waals surface area contributed by atoms with E-state index >= 15 is 0 Å². The van der Waals surface area contributed by atoms with E-state index in [1.54, 1.807) is 0 Å². The molecule has 0 amide bonds. The van der Waals surface area contributed by atoms with Gasteiger partial charge in [-0.05, 0) is 37.1 Å². The molecule has 4 atom stereocenters. The van der Waals surface area contributed by atoms with Crippen LogP contribution in [-0.2, 0) is 0 Å². The van der Waals surface area contributed by atoms with Crippen LogP contribution in [-0.4, -0.2) is 42.3 Å². The molecule has 0 radical (unpaired) electrons. The molecular weight excluding hydrogens is 200 g/mol. The molecule has 1 aliphatic carbocycles. The van der Waals surface area contributed by atoms with Crippen molar-refractivity contribution in [2.75, 3.05) is 26.2 Å². The van der Waals surface area contributed by atoms with E-state index < -0.39 is 0 Å². The molecule has 0 aromatic carbocycles. The predicted molar refractivity (Wildman–Crippen MR) is 66.1 cm³/mol. The van der Waals surface area contributed by atoms with Crippen molar-refractivity contribution in [3.05, 3.63) is 0 Å². The molecule has 3 nitrogen and oxygen atoms in total. The summed E-state index contributed by atoms with van der Waals surface area (Å²) in [5.74, 6) is 1.28. The maximum Gasteiger partial charge on any atom is 0.0583 e. The first-order valence-corrected chi connectivity index (χ1v) is 6.68. The Morgan fingerprint density at radius 3 is 2.69 bits per heavy atom. The van der Waals surface area contributed by atoms with E-state index in [-0.39, 0.29) is 11.5 Å². The minimum atomic E-state index is -0.0410. The van der Waals surface area contributed by atoms with Gasteiger partial charge in [-0.1, -0.05) is 13.8 Å². The molecule has 3 N–H and O–H groups in total. The summed E-state index contributed by atoms with van der Waals surface area (Å²) in [6.07, 6.45) is 3.33. The Labute approximate surface area is 99.0 Å². The van der Waals surface area contributed by atoms with Gasteiger partial charge in [0, 0.05) is 25.6 Å². The number of rotatable bonds is 4. The van der Waals surface area contributed by atoms with Crippen LogP contribution >= 0.6 is 0 Å². The van der Waals surface area contributed by atoms with Crippen LogP contribution < -0.4 is 5.73 Å². The predicted octanol–water partition coefficient (Wildman–Crippen LogP) is 1.06. The van der Waals surface area contributed by atoms with Gasteiger partial charge in [0.2, 0.25) is 0 Å². The molecule has 4 unspecified atom stereocenters. The number of hydrogen-bond acceptors (Lipinski definition) is 3. The lowest BCUT2D eigenvalue weighted by atomic mass is 9.87. The van der Waals surface area contributed by atoms with Crippen LogP contribution in [0.3, 0.4) is 0 Å². The zero-order chi connectivity index (χ0) is 11.8. The molecule has 2 fully saturated rings. The number of aliphatic hydroxyl groups excluding tert-OH is 1. The summed E-state index contributed by atoms with van der Waals surface area (Å²) in [6.45, 7) is 8.62. The third-order valence-corrected chi connectivity index (χ3v) is 4.85. The Balaban J connectivity index is 1.90. The highest BCUT2D eigenvalue weighted by Crippen LogP contribution is 2.39. The molecule has 2 rings (SSSR count). The lowest BCUT2D eigenvalue weighted by Crippen LogP contribution is -2.40. The Bertz CT molecular complexity index is 240. The Hall–Kier alpha value is -0.120. The summed E-state index contributed by atoms with van der Waals surface area (Å²) in [5, 5.41) is 9.88. The SMILES string of the molecule is CCC(C)(CN)CN1CC2CCC(O)C2C1. The van der Waals surface area contributed by atoms with Gasteiger partial charge in [-0.2, -0.15) is 0 Å². The first-order chi connectivity index (χ1) is 7.58. The number of nitrogens with zero attached hydrogens (tertiary/aromatic N) is 1. The maximum atomic E-state index is 9.88. The second-order valence-electron chi connectivity index (χ2n) is 6.13. The molecule has 3 heteroatoms. The molecule has 2 aliphatic rings. The molecule has 0 aromatic heterocycles. The van der Waals surface area contributed by atoms with Crippen molar-refractivity contribution in [2.24, 2.45) is 23.0 Å². The highest BCUT2D eigenvalue weighted by atomic mass is 16.3. The highest BCUT2D eigenvalue weighted by Gasteiger charge is 2.42. The molecule has 0 spiro atoms. The number of hydrogen-bond donors (Lipinski definition) is 2. The van der Waals surface area contributed by atoms with Gasteiger partial charge in [-0.25, -0.2) is 0 Å². The first kappa shape index (κ1) is 12.3. The second kappa shape index (κ2) is 4.63.